The first-order valence-corrected chi connectivity index (χ1v) is 6.27. The predicted octanol–water partition coefficient (Wildman–Crippen LogP) is 4.94. The third-order valence-corrected chi connectivity index (χ3v) is 3.12. The van der Waals surface area contributed by atoms with Crippen LogP contribution in [-0.4, -0.2) is 0 Å². The summed E-state index contributed by atoms with van der Waals surface area (Å²) in [6, 6.07) is 11.2. The fourth-order valence-electron chi connectivity index (χ4n) is 2.02. The van der Waals surface area contributed by atoms with E-state index in [4.69, 9.17) is 5.26 Å². The van der Waals surface area contributed by atoms with Gasteiger partial charge in [-0.05, 0) is 49.2 Å². The van der Waals surface area contributed by atoms with E-state index in [1.807, 2.05) is 13.0 Å². The average molecular weight is 290 g/mol. The molecule has 0 atom stereocenters. The maximum atomic E-state index is 12.9. The van der Waals surface area contributed by atoms with Crippen molar-refractivity contribution in [3.05, 3.63) is 58.7 Å². The standard InChI is InChI=1S/C16H13F3N2/c1-10-3-6-15(12(7-10)9-20)21-13-5-4-11(2)14(8-13)16(17,18)19/h3-8,21H,1-2H3. The lowest BCUT2D eigenvalue weighted by Crippen LogP contribution is -2.08. The lowest BCUT2D eigenvalue weighted by molar-refractivity contribution is -0.138. The van der Waals surface area contributed by atoms with Crippen molar-refractivity contribution in [1.82, 2.24) is 0 Å². The summed E-state index contributed by atoms with van der Waals surface area (Å²) in [5.41, 5.74) is 1.57. The molecule has 2 nitrogen and oxygen atoms in total. The van der Waals surface area contributed by atoms with Crippen molar-refractivity contribution in [3.8, 4) is 6.07 Å². The summed E-state index contributed by atoms with van der Waals surface area (Å²) in [5, 5.41) is 11.9. The van der Waals surface area contributed by atoms with Gasteiger partial charge in [0, 0.05) is 5.69 Å². The number of halogens is 3. The molecule has 0 aromatic heterocycles. The van der Waals surface area contributed by atoms with Crippen molar-refractivity contribution < 1.29 is 13.2 Å². The van der Waals surface area contributed by atoms with Gasteiger partial charge in [0.15, 0.2) is 0 Å². The highest BCUT2D eigenvalue weighted by Crippen LogP contribution is 2.34. The maximum absolute atomic E-state index is 12.9. The summed E-state index contributed by atoms with van der Waals surface area (Å²) in [7, 11) is 0. The molecular weight excluding hydrogens is 277 g/mol. The summed E-state index contributed by atoms with van der Waals surface area (Å²) >= 11 is 0. The highest BCUT2D eigenvalue weighted by molar-refractivity contribution is 5.67. The molecule has 0 spiro atoms. The van der Waals surface area contributed by atoms with Crippen LogP contribution in [0.3, 0.4) is 0 Å². The van der Waals surface area contributed by atoms with E-state index in [2.05, 4.69) is 5.32 Å². The molecule has 0 aliphatic rings. The van der Waals surface area contributed by atoms with Gasteiger partial charge < -0.3 is 5.32 Å². The second-order valence-electron chi connectivity index (χ2n) is 4.81. The molecule has 2 rings (SSSR count). The highest BCUT2D eigenvalue weighted by atomic mass is 19.4. The zero-order chi connectivity index (χ0) is 15.6. The van der Waals surface area contributed by atoms with E-state index in [9.17, 15) is 13.2 Å². The van der Waals surface area contributed by atoms with Gasteiger partial charge in [-0.1, -0.05) is 12.1 Å². The Balaban J connectivity index is 2.40. The minimum atomic E-state index is -4.40. The van der Waals surface area contributed by atoms with Crippen molar-refractivity contribution in [2.75, 3.05) is 5.32 Å². The number of rotatable bonds is 2. The molecule has 0 radical (unpaired) electrons. The number of anilines is 2. The number of benzene rings is 2. The van der Waals surface area contributed by atoms with E-state index in [1.165, 1.54) is 13.0 Å². The number of alkyl halides is 3. The lowest BCUT2D eigenvalue weighted by atomic mass is 10.1. The lowest BCUT2D eigenvalue weighted by Gasteiger charge is -2.14. The third kappa shape index (κ3) is 3.34. The molecule has 2 aromatic carbocycles. The molecule has 2 aromatic rings. The van der Waals surface area contributed by atoms with Crippen molar-refractivity contribution in [1.29, 1.82) is 5.26 Å². The molecule has 0 aliphatic heterocycles. The third-order valence-electron chi connectivity index (χ3n) is 3.12. The monoisotopic (exact) mass is 290 g/mol. The molecule has 5 heteroatoms. The van der Waals surface area contributed by atoms with Gasteiger partial charge in [-0.15, -0.1) is 0 Å². The Morgan fingerprint density at radius 3 is 2.38 bits per heavy atom. The molecule has 0 amide bonds. The van der Waals surface area contributed by atoms with E-state index >= 15 is 0 Å². The Bertz CT molecular complexity index is 712. The molecule has 1 N–H and O–H groups in total. The normalized spacial score (nSPS) is 11.0. The summed E-state index contributed by atoms with van der Waals surface area (Å²) in [4.78, 5) is 0. The van der Waals surface area contributed by atoms with Crippen LogP contribution in [0.15, 0.2) is 36.4 Å². The van der Waals surface area contributed by atoms with Crippen LogP contribution < -0.4 is 5.32 Å². The van der Waals surface area contributed by atoms with Gasteiger partial charge in [0.2, 0.25) is 0 Å². The molecule has 0 heterocycles. The SMILES string of the molecule is Cc1ccc(Nc2ccc(C)c(C(F)(F)F)c2)c(C#N)c1. The zero-order valence-electron chi connectivity index (χ0n) is 11.5. The number of nitrogens with one attached hydrogen (secondary N) is 1. The van der Waals surface area contributed by atoms with Crippen LogP contribution in [0, 0.1) is 25.2 Å². The fourth-order valence-corrected chi connectivity index (χ4v) is 2.02. The molecular formula is C16H13F3N2. The van der Waals surface area contributed by atoms with Gasteiger partial charge in [-0.3, -0.25) is 0 Å². The molecule has 0 saturated heterocycles. The predicted molar refractivity (Wildman–Crippen MR) is 75.4 cm³/mol. The first-order chi connectivity index (χ1) is 9.81. The maximum Gasteiger partial charge on any atom is 0.416 e. The number of nitrogens with zero attached hydrogens (tertiary/aromatic N) is 1. The van der Waals surface area contributed by atoms with Crippen molar-refractivity contribution in [3.63, 3.8) is 0 Å². The first-order valence-electron chi connectivity index (χ1n) is 6.27. The minimum absolute atomic E-state index is 0.164. The van der Waals surface area contributed by atoms with Gasteiger partial charge in [0.1, 0.15) is 6.07 Å². The smallest absolute Gasteiger partial charge is 0.354 e. The Hall–Kier alpha value is -2.48. The summed E-state index contributed by atoms with van der Waals surface area (Å²) < 4.78 is 38.7. The zero-order valence-corrected chi connectivity index (χ0v) is 11.5. The van der Waals surface area contributed by atoms with Crippen molar-refractivity contribution >= 4 is 11.4 Å². The fraction of sp³-hybridized carbons (Fsp3) is 0.188. The van der Waals surface area contributed by atoms with Crippen LogP contribution in [0.2, 0.25) is 0 Å². The molecule has 0 unspecified atom stereocenters. The van der Waals surface area contributed by atoms with Gasteiger partial charge in [-0.25, -0.2) is 0 Å². The van der Waals surface area contributed by atoms with Gasteiger partial charge in [0.25, 0.3) is 0 Å². The topological polar surface area (TPSA) is 35.8 Å². The Labute approximate surface area is 120 Å². The number of aryl methyl sites for hydroxylation is 2. The van der Waals surface area contributed by atoms with Crippen LogP contribution in [0.5, 0.6) is 0 Å². The highest BCUT2D eigenvalue weighted by Gasteiger charge is 2.32. The molecule has 21 heavy (non-hydrogen) atoms. The number of hydrogen-bond acceptors (Lipinski definition) is 2. The second-order valence-corrected chi connectivity index (χ2v) is 4.81. The summed E-state index contributed by atoms with van der Waals surface area (Å²) in [6.07, 6.45) is -4.40. The van der Waals surface area contributed by atoms with Gasteiger partial charge in [0.05, 0.1) is 16.8 Å². The van der Waals surface area contributed by atoms with Gasteiger partial charge in [-0.2, -0.15) is 18.4 Å². The van der Waals surface area contributed by atoms with Gasteiger partial charge >= 0.3 is 6.18 Å². The molecule has 0 bridgehead atoms. The van der Waals surface area contributed by atoms with E-state index < -0.39 is 11.7 Å². The largest absolute Gasteiger partial charge is 0.416 e. The molecule has 0 saturated carbocycles. The Morgan fingerprint density at radius 1 is 1.05 bits per heavy atom. The van der Waals surface area contributed by atoms with Crippen LogP contribution in [0.1, 0.15) is 22.3 Å². The molecule has 0 fully saturated rings. The Morgan fingerprint density at radius 2 is 1.76 bits per heavy atom. The number of hydrogen-bond donors (Lipinski definition) is 1. The summed E-state index contributed by atoms with van der Waals surface area (Å²) in [5.74, 6) is 0. The summed E-state index contributed by atoms with van der Waals surface area (Å²) in [6.45, 7) is 3.26. The van der Waals surface area contributed by atoms with Crippen molar-refractivity contribution in [2.45, 2.75) is 20.0 Å². The Kier molecular flexibility index (Phi) is 3.90. The van der Waals surface area contributed by atoms with E-state index in [1.54, 1.807) is 24.3 Å². The molecule has 108 valence electrons. The molecule has 0 aliphatic carbocycles. The van der Waals surface area contributed by atoms with E-state index in [-0.39, 0.29) is 5.56 Å². The van der Waals surface area contributed by atoms with Crippen molar-refractivity contribution in [2.24, 2.45) is 0 Å². The average Bonchev–Trinajstić information content (AvgIpc) is 2.41. The minimum Gasteiger partial charge on any atom is -0.354 e. The van der Waals surface area contributed by atoms with E-state index in [0.717, 1.165) is 11.6 Å². The van der Waals surface area contributed by atoms with E-state index in [0.29, 0.717) is 16.9 Å². The number of nitriles is 1. The van der Waals surface area contributed by atoms with Crippen LogP contribution >= 0.6 is 0 Å². The second kappa shape index (κ2) is 5.49. The quantitative estimate of drug-likeness (QED) is 0.850. The first kappa shape index (κ1) is 14.9. The van der Waals surface area contributed by atoms with Crippen LogP contribution in [-0.2, 0) is 6.18 Å². The van der Waals surface area contributed by atoms with Crippen LogP contribution in [0.25, 0.3) is 0 Å². The van der Waals surface area contributed by atoms with Crippen LogP contribution in [0.4, 0.5) is 24.5 Å².